The number of benzene rings is 2. The molecule has 3 atom stereocenters. The van der Waals surface area contributed by atoms with Crippen molar-refractivity contribution >= 4 is 35.1 Å². The van der Waals surface area contributed by atoms with Crippen LogP contribution in [0.3, 0.4) is 0 Å². The first-order chi connectivity index (χ1) is 20.4. The molecule has 2 aromatic carbocycles. The summed E-state index contributed by atoms with van der Waals surface area (Å²) in [7, 11) is 0. The molecule has 2 aromatic heterocycles. The first kappa shape index (κ1) is 28.8. The lowest BCUT2D eigenvalue weighted by molar-refractivity contribution is -0.0301. The summed E-state index contributed by atoms with van der Waals surface area (Å²) in [6.45, 7) is 2.62. The Kier molecular flexibility index (Phi) is 9.15. The number of aromatic nitrogens is 4. The van der Waals surface area contributed by atoms with E-state index in [0.29, 0.717) is 37.1 Å². The van der Waals surface area contributed by atoms with Gasteiger partial charge in [-0.1, -0.05) is 42.5 Å². The highest BCUT2D eigenvalue weighted by Gasteiger charge is 2.35. The number of nitrogens with zero attached hydrogens (tertiary/aromatic N) is 4. The highest BCUT2D eigenvalue weighted by molar-refractivity contribution is 5.95. The summed E-state index contributed by atoms with van der Waals surface area (Å²) in [6.07, 6.45) is 6.52. The van der Waals surface area contributed by atoms with E-state index < -0.39 is 30.2 Å². The van der Waals surface area contributed by atoms with Gasteiger partial charge in [0.15, 0.2) is 23.3 Å². The number of nitrogens with one attached hydrogen (secondary N) is 2. The van der Waals surface area contributed by atoms with Gasteiger partial charge in [-0.3, -0.25) is 5.32 Å². The van der Waals surface area contributed by atoms with Crippen molar-refractivity contribution in [3.8, 4) is 0 Å². The predicted octanol–water partition coefficient (Wildman–Crippen LogP) is 4.65. The van der Waals surface area contributed by atoms with Crippen LogP contribution in [0.15, 0.2) is 67.3 Å². The molecule has 3 heterocycles. The number of rotatable bonds is 11. The first-order valence-electron chi connectivity index (χ1n) is 13.7. The van der Waals surface area contributed by atoms with Gasteiger partial charge in [0.1, 0.15) is 18.2 Å². The maximum absolute atomic E-state index is 14.5. The lowest BCUT2D eigenvalue weighted by Gasteiger charge is -2.18. The average molecular weight is 575 g/mol. The standard InChI is InChI=1S/C30H31FN6O5/c1-2-32-30(40)36-27-26-28(34-17-33-27)37(18-35-26)16-24-23(41-25(42-24)15-14-19-8-4-3-5-9-19)13-7-10-20-21(29(38)39)11-6-12-22(20)31/h3-6,8-9,11-12,14-15,17-18,23-25H,2,7,10,13,16H2,1H3,(H,38,39)(H2,32,33,34,36,40)/b15-14+/t23?,24?,25-/m0/s1. The number of ether oxygens (including phenoxy) is 2. The number of hydrogen-bond donors (Lipinski definition) is 3. The number of halogens is 1. The quantitative estimate of drug-likeness (QED) is 0.235. The minimum absolute atomic E-state index is 0.0413. The van der Waals surface area contributed by atoms with Crippen LogP contribution >= 0.6 is 0 Å². The van der Waals surface area contributed by atoms with E-state index in [1.807, 2.05) is 54.0 Å². The second kappa shape index (κ2) is 13.3. The van der Waals surface area contributed by atoms with E-state index in [1.165, 1.54) is 24.5 Å². The number of fused-ring (bicyclic) bond motifs is 1. The maximum Gasteiger partial charge on any atom is 0.336 e. The normalized spacial score (nSPS) is 18.5. The van der Waals surface area contributed by atoms with E-state index in [0.717, 1.165) is 5.56 Å². The van der Waals surface area contributed by atoms with E-state index in [9.17, 15) is 19.1 Å². The summed E-state index contributed by atoms with van der Waals surface area (Å²) >= 11 is 0. The van der Waals surface area contributed by atoms with Crippen LogP contribution in [-0.4, -0.2) is 61.7 Å². The van der Waals surface area contributed by atoms with Crippen LogP contribution in [0.5, 0.6) is 0 Å². The molecule has 0 spiro atoms. The van der Waals surface area contributed by atoms with Crippen LogP contribution in [0, 0.1) is 5.82 Å². The number of urea groups is 1. The Labute approximate surface area is 241 Å². The molecule has 1 aliphatic rings. The van der Waals surface area contributed by atoms with Gasteiger partial charge in [0.05, 0.1) is 24.5 Å². The number of anilines is 1. The second-order valence-corrected chi connectivity index (χ2v) is 9.73. The molecule has 2 amide bonds. The molecule has 218 valence electrons. The Morgan fingerprint density at radius 2 is 1.88 bits per heavy atom. The van der Waals surface area contributed by atoms with E-state index in [4.69, 9.17) is 9.47 Å². The minimum atomic E-state index is -1.16. The fourth-order valence-electron chi connectivity index (χ4n) is 4.92. The molecule has 5 rings (SSSR count). The van der Waals surface area contributed by atoms with Gasteiger partial charge in [-0.25, -0.2) is 28.9 Å². The molecule has 0 radical (unpaired) electrons. The van der Waals surface area contributed by atoms with Gasteiger partial charge in [0.2, 0.25) is 0 Å². The Bertz CT molecular complexity index is 1580. The summed E-state index contributed by atoms with van der Waals surface area (Å²) in [5.74, 6) is -1.42. The highest BCUT2D eigenvalue weighted by atomic mass is 19.1. The summed E-state index contributed by atoms with van der Waals surface area (Å²) in [5.41, 5.74) is 2.07. The number of hydrogen-bond acceptors (Lipinski definition) is 7. The van der Waals surface area contributed by atoms with Crippen molar-refractivity contribution in [1.82, 2.24) is 24.8 Å². The molecule has 3 N–H and O–H groups in total. The van der Waals surface area contributed by atoms with Gasteiger partial charge in [0.25, 0.3) is 0 Å². The van der Waals surface area contributed by atoms with Crippen molar-refractivity contribution in [1.29, 1.82) is 0 Å². The Morgan fingerprint density at radius 1 is 1.07 bits per heavy atom. The molecule has 1 saturated heterocycles. The van der Waals surface area contributed by atoms with Crippen molar-refractivity contribution in [2.75, 3.05) is 11.9 Å². The number of amides is 2. The molecule has 11 nitrogen and oxygen atoms in total. The van der Waals surface area contributed by atoms with Gasteiger partial charge in [-0.2, -0.15) is 0 Å². The van der Waals surface area contributed by atoms with Gasteiger partial charge < -0.3 is 24.5 Å². The van der Waals surface area contributed by atoms with Crippen LogP contribution in [0.4, 0.5) is 15.0 Å². The van der Waals surface area contributed by atoms with Crippen LogP contribution < -0.4 is 10.6 Å². The van der Waals surface area contributed by atoms with Crippen LogP contribution in [-0.2, 0) is 22.4 Å². The molecule has 2 unspecified atom stereocenters. The lowest BCUT2D eigenvalue weighted by atomic mass is 9.99. The zero-order chi connectivity index (χ0) is 29.5. The molecule has 0 saturated carbocycles. The fourth-order valence-corrected chi connectivity index (χ4v) is 4.92. The molecule has 4 aromatic rings. The van der Waals surface area contributed by atoms with Crippen LogP contribution in [0.2, 0.25) is 0 Å². The van der Waals surface area contributed by atoms with Crippen LogP contribution in [0.25, 0.3) is 17.2 Å². The van der Waals surface area contributed by atoms with Gasteiger partial charge >= 0.3 is 12.0 Å². The Balaban J connectivity index is 1.33. The van der Waals surface area contributed by atoms with E-state index in [2.05, 4.69) is 25.6 Å². The topological polar surface area (TPSA) is 140 Å². The summed E-state index contributed by atoms with van der Waals surface area (Å²) < 4.78 is 28.8. The van der Waals surface area contributed by atoms with Crippen molar-refractivity contribution in [3.05, 3.63) is 89.8 Å². The molecule has 1 fully saturated rings. The Hall–Kier alpha value is -4.68. The molecule has 1 aliphatic heterocycles. The second-order valence-electron chi connectivity index (χ2n) is 9.73. The molecular formula is C30H31FN6O5. The van der Waals surface area contributed by atoms with Crippen molar-refractivity contribution in [3.63, 3.8) is 0 Å². The third-order valence-electron chi connectivity index (χ3n) is 6.89. The number of carbonyl (C=O) groups is 2. The maximum atomic E-state index is 14.5. The third-order valence-corrected chi connectivity index (χ3v) is 6.89. The molecule has 12 heteroatoms. The summed E-state index contributed by atoms with van der Waals surface area (Å²) in [4.78, 5) is 36.6. The minimum Gasteiger partial charge on any atom is -0.478 e. The molecular weight excluding hydrogens is 543 g/mol. The SMILES string of the molecule is CCNC(=O)Nc1ncnc2c1ncn2CC1O[C@@H](/C=C/c2ccccc2)OC1CCCc1c(F)cccc1C(=O)O. The van der Waals surface area contributed by atoms with Crippen molar-refractivity contribution < 1.29 is 28.6 Å². The average Bonchev–Trinajstić information content (AvgIpc) is 3.57. The van der Waals surface area contributed by atoms with Crippen LogP contribution in [0.1, 0.15) is 41.3 Å². The number of imidazole rings is 1. The first-order valence-corrected chi connectivity index (χ1v) is 13.7. The fraction of sp³-hybridized carbons (Fsp3) is 0.300. The van der Waals surface area contributed by atoms with Crippen molar-refractivity contribution in [2.45, 2.75) is 51.2 Å². The van der Waals surface area contributed by atoms with E-state index in [-0.39, 0.29) is 29.5 Å². The van der Waals surface area contributed by atoms with E-state index >= 15 is 0 Å². The largest absolute Gasteiger partial charge is 0.478 e. The Morgan fingerprint density at radius 3 is 2.67 bits per heavy atom. The molecule has 42 heavy (non-hydrogen) atoms. The lowest BCUT2D eigenvalue weighted by Crippen LogP contribution is -2.29. The van der Waals surface area contributed by atoms with Gasteiger partial charge in [-0.15, -0.1) is 0 Å². The number of aromatic carboxylic acids is 1. The molecule has 0 aliphatic carbocycles. The number of carbonyl (C=O) groups excluding carboxylic acids is 1. The monoisotopic (exact) mass is 574 g/mol. The third kappa shape index (κ3) is 6.78. The van der Waals surface area contributed by atoms with E-state index in [1.54, 1.807) is 6.33 Å². The summed E-state index contributed by atoms with van der Waals surface area (Å²) in [6, 6.07) is 13.4. The predicted molar refractivity (Wildman–Crippen MR) is 153 cm³/mol. The summed E-state index contributed by atoms with van der Waals surface area (Å²) in [5, 5.41) is 14.8. The van der Waals surface area contributed by atoms with Gasteiger partial charge in [0, 0.05) is 12.1 Å². The smallest absolute Gasteiger partial charge is 0.336 e. The zero-order valence-corrected chi connectivity index (χ0v) is 22.9. The molecule has 0 bridgehead atoms. The number of carboxylic acids is 1. The highest BCUT2D eigenvalue weighted by Crippen LogP contribution is 2.28. The van der Waals surface area contributed by atoms with Crippen molar-refractivity contribution in [2.24, 2.45) is 0 Å². The number of carboxylic acid groups (broad SMARTS) is 1. The zero-order valence-electron chi connectivity index (χ0n) is 22.9. The van der Waals surface area contributed by atoms with Gasteiger partial charge in [-0.05, 0) is 50.0 Å².